The molecule has 2 heteroatoms. The van der Waals surface area contributed by atoms with Gasteiger partial charge >= 0.3 is 0 Å². The predicted octanol–water partition coefficient (Wildman–Crippen LogP) is 4.17. The van der Waals surface area contributed by atoms with Gasteiger partial charge in [0.25, 0.3) is 0 Å². The van der Waals surface area contributed by atoms with E-state index in [4.69, 9.17) is 0 Å². The Morgan fingerprint density at radius 1 is 1.06 bits per heavy atom. The van der Waals surface area contributed by atoms with Crippen molar-refractivity contribution < 1.29 is 4.79 Å². The van der Waals surface area contributed by atoms with Crippen molar-refractivity contribution in [1.29, 1.82) is 0 Å². The summed E-state index contributed by atoms with van der Waals surface area (Å²) >= 11 is 3.48. The number of carbonyl (C=O) groups excluding carboxylic acids is 1. The van der Waals surface area contributed by atoms with Gasteiger partial charge in [-0.15, -0.1) is 0 Å². The summed E-state index contributed by atoms with van der Waals surface area (Å²) in [6, 6.07) is 16.1. The van der Waals surface area contributed by atoms with Gasteiger partial charge in [0.2, 0.25) is 0 Å². The van der Waals surface area contributed by atoms with Crippen LogP contribution in [0.15, 0.2) is 53.0 Å². The predicted molar refractivity (Wildman–Crippen MR) is 71.4 cm³/mol. The smallest absolute Gasteiger partial charge is 0.164 e. The molecular formula is C15H11BrO. The van der Waals surface area contributed by atoms with Gasteiger partial charge in [-0.1, -0.05) is 52.3 Å². The van der Waals surface area contributed by atoms with Gasteiger partial charge in [-0.3, -0.25) is 4.79 Å². The largest absolute Gasteiger partial charge is 0.294 e. The summed E-state index contributed by atoms with van der Waals surface area (Å²) in [5, 5.41) is 0. The van der Waals surface area contributed by atoms with Crippen molar-refractivity contribution in [2.75, 3.05) is 0 Å². The fourth-order valence-corrected chi connectivity index (χ4v) is 2.90. The Balaban J connectivity index is 2.10. The second-order valence-corrected chi connectivity index (χ2v) is 5.24. The van der Waals surface area contributed by atoms with E-state index in [1.54, 1.807) is 0 Å². The highest BCUT2D eigenvalue weighted by atomic mass is 79.9. The Morgan fingerprint density at radius 2 is 1.88 bits per heavy atom. The molecule has 0 heterocycles. The van der Waals surface area contributed by atoms with E-state index in [9.17, 15) is 4.79 Å². The molecule has 0 amide bonds. The minimum absolute atomic E-state index is 0.219. The molecule has 0 saturated heterocycles. The van der Waals surface area contributed by atoms with Crippen LogP contribution in [0, 0.1) is 0 Å². The number of hydrogen-bond acceptors (Lipinski definition) is 1. The SMILES string of the molecule is O=C1CC(c2cccc(Br)c2)c2ccccc21. The van der Waals surface area contributed by atoms with E-state index < -0.39 is 0 Å². The lowest BCUT2D eigenvalue weighted by atomic mass is 9.93. The molecule has 0 radical (unpaired) electrons. The maximum atomic E-state index is 11.9. The van der Waals surface area contributed by atoms with Gasteiger partial charge < -0.3 is 0 Å². The summed E-state index contributed by atoms with van der Waals surface area (Å²) in [6.45, 7) is 0. The molecule has 1 unspecified atom stereocenters. The number of carbonyl (C=O) groups is 1. The quantitative estimate of drug-likeness (QED) is 0.769. The molecule has 1 aliphatic rings. The van der Waals surface area contributed by atoms with E-state index >= 15 is 0 Å². The minimum Gasteiger partial charge on any atom is -0.294 e. The molecule has 0 N–H and O–H groups in total. The summed E-state index contributed by atoms with van der Waals surface area (Å²) in [5.74, 6) is 0.474. The fraction of sp³-hybridized carbons (Fsp3) is 0.133. The zero-order chi connectivity index (χ0) is 11.8. The van der Waals surface area contributed by atoms with Crippen LogP contribution in [0.3, 0.4) is 0 Å². The highest BCUT2D eigenvalue weighted by molar-refractivity contribution is 9.10. The number of halogens is 1. The molecule has 17 heavy (non-hydrogen) atoms. The molecule has 0 spiro atoms. The van der Waals surface area contributed by atoms with E-state index in [1.807, 2.05) is 30.3 Å². The van der Waals surface area contributed by atoms with E-state index in [0.29, 0.717) is 6.42 Å². The molecule has 1 atom stereocenters. The van der Waals surface area contributed by atoms with Crippen LogP contribution < -0.4 is 0 Å². The van der Waals surface area contributed by atoms with Crippen molar-refractivity contribution in [3.05, 3.63) is 69.7 Å². The highest BCUT2D eigenvalue weighted by Crippen LogP contribution is 2.38. The molecule has 1 nitrogen and oxygen atoms in total. The van der Waals surface area contributed by atoms with Crippen LogP contribution in [0.5, 0.6) is 0 Å². The number of hydrogen-bond donors (Lipinski definition) is 0. The first-order chi connectivity index (χ1) is 8.25. The van der Waals surface area contributed by atoms with Crippen molar-refractivity contribution in [2.45, 2.75) is 12.3 Å². The summed E-state index contributed by atoms with van der Waals surface area (Å²) in [6.07, 6.45) is 0.593. The van der Waals surface area contributed by atoms with E-state index in [1.165, 1.54) is 5.56 Å². The maximum Gasteiger partial charge on any atom is 0.164 e. The second kappa shape index (κ2) is 4.11. The normalized spacial score (nSPS) is 18.2. The summed E-state index contributed by atoms with van der Waals surface area (Å²) < 4.78 is 1.06. The standard InChI is InChI=1S/C15H11BrO/c16-11-5-3-4-10(8-11)14-9-15(17)13-7-2-1-6-12(13)14/h1-8,14H,9H2. The van der Waals surface area contributed by atoms with Crippen LogP contribution in [0.25, 0.3) is 0 Å². The Labute approximate surface area is 109 Å². The molecule has 2 aromatic rings. The first-order valence-corrected chi connectivity index (χ1v) is 6.42. The van der Waals surface area contributed by atoms with Crippen molar-refractivity contribution in [3.8, 4) is 0 Å². The zero-order valence-electron chi connectivity index (χ0n) is 9.19. The Kier molecular flexibility index (Phi) is 2.60. The minimum atomic E-state index is 0.219. The maximum absolute atomic E-state index is 11.9. The van der Waals surface area contributed by atoms with Gasteiger partial charge in [-0.2, -0.15) is 0 Å². The third kappa shape index (κ3) is 1.83. The van der Waals surface area contributed by atoms with E-state index in [2.05, 4.69) is 34.1 Å². The second-order valence-electron chi connectivity index (χ2n) is 4.32. The molecule has 0 bridgehead atoms. The van der Waals surface area contributed by atoms with Crippen LogP contribution in [-0.2, 0) is 0 Å². The molecule has 2 aromatic carbocycles. The zero-order valence-corrected chi connectivity index (χ0v) is 10.8. The summed E-state index contributed by atoms with van der Waals surface area (Å²) in [5.41, 5.74) is 3.26. The first kappa shape index (κ1) is 10.7. The van der Waals surface area contributed by atoms with Crippen LogP contribution in [-0.4, -0.2) is 5.78 Å². The van der Waals surface area contributed by atoms with Gasteiger partial charge in [0.15, 0.2) is 5.78 Å². The monoisotopic (exact) mass is 286 g/mol. The van der Waals surface area contributed by atoms with E-state index in [-0.39, 0.29) is 11.7 Å². The average molecular weight is 287 g/mol. The van der Waals surface area contributed by atoms with Crippen molar-refractivity contribution in [1.82, 2.24) is 0 Å². The van der Waals surface area contributed by atoms with E-state index in [0.717, 1.165) is 15.6 Å². The highest BCUT2D eigenvalue weighted by Gasteiger charge is 2.29. The third-order valence-electron chi connectivity index (χ3n) is 3.28. The van der Waals surface area contributed by atoms with Crippen molar-refractivity contribution >= 4 is 21.7 Å². The lowest BCUT2D eigenvalue weighted by Gasteiger charge is -2.11. The van der Waals surface area contributed by atoms with Crippen molar-refractivity contribution in [3.63, 3.8) is 0 Å². The third-order valence-corrected chi connectivity index (χ3v) is 3.77. The number of fused-ring (bicyclic) bond motifs is 1. The molecule has 0 saturated carbocycles. The molecular weight excluding hydrogens is 276 g/mol. The Bertz CT molecular complexity index is 589. The first-order valence-electron chi connectivity index (χ1n) is 5.63. The van der Waals surface area contributed by atoms with Gasteiger partial charge in [-0.25, -0.2) is 0 Å². The topological polar surface area (TPSA) is 17.1 Å². The lowest BCUT2D eigenvalue weighted by molar-refractivity contribution is 0.0991. The van der Waals surface area contributed by atoms with Gasteiger partial charge in [0.05, 0.1) is 0 Å². The van der Waals surface area contributed by atoms with Gasteiger partial charge in [-0.05, 0) is 23.3 Å². The molecule has 84 valence electrons. The Hall–Kier alpha value is -1.41. The molecule has 0 aromatic heterocycles. The van der Waals surface area contributed by atoms with Crippen LogP contribution in [0.2, 0.25) is 0 Å². The van der Waals surface area contributed by atoms with Crippen LogP contribution in [0.1, 0.15) is 33.8 Å². The molecule has 1 aliphatic carbocycles. The lowest BCUT2D eigenvalue weighted by Crippen LogP contribution is -1.96. The molecule has 0 fully saturated rings. The summed E-state index contributed by atoms with van der Waals surface area (Å²) in [7, 11) is 0. The van der Waals surface area contributed by atoms with Gasteiger partial charge in [0, 0.05) is 22.4 Å². The molecule has 3 rings (SSSR count). The van der Waals surface area contributed by atoms with Crippen molar-refractivity contribution in [2.24, 2.45) is 0 Å². The Morgan fingerprint density at radius 3 is 2.71 bits per heavy atom. The van der Waals surface area contributed by atoms with Crippen LogP contribution in [0.4, 0.5) is 0 Å². The summed E-state index contributed by atoms with van der Waals surface area (Å²) in [4.78, 5) is 11.9. The number of rotatable bonds is 1. The average Bonchev–Trinajstić information content (AvgIpc) is 2.68. The number of Topliss-reactive ketones (excluding diaryl/α,β-unsaturated/α-hetero) is 1. The number of ketones is 1. The molecule has 0 aliphatic heterocycles. The van der Waals surface area contributed by atoms with Gasteiger partial charge in [0.1, 0.15) is 0 Å². The fourth-order valence-electron chi connectivity index (χ4n) is 2.48. The van der Waals surface area contributed by atoms with Crippen LogP contribution >= 0.6 is 15.9 Å². The number of benzene rings is 2.